The van der Waals surface area contributed by atoms with Gasteiger partial charge in [0.05, 0.1) is 5.69 Å². The second-order valence-electron chi connectivity index (χ2n) is 2.94. The Morgan fingerprint density at radius 1 is 1.47 bits per heavy atom. The maximum absolute atomic E-state index is 12.8. The number of benzene rings is 1. The molecule has 4 nitrogen and oxygen atoms in total. The van der Waals surface area contributed by atoms with Gasteiger partial charge in [-0.05, 0) is 45.7 Å². The number of hydrogen-bond acceptors (Lipinski definition) is 4. The molecule has 0 unspecified atom stereocenters. The predicted octanol–water partition coefficient (Wildman–Crippen LogP) is 3.35. The van der Waals surface area contributed by atoms with Gasteiger partial charge in [-0.1, -0.05) is 11.3 Å². The van der Waals surface area contributed by atoms with Crippen molar-refractivity contribution in [2.75, 3.05) is 5.32 Å². The van der Waals surface area contributed by atoms with E-state index in [1.165, 1.54) is 18.2 Å². The van der Waals surface area contributed by atoms with E-state index in [2.05, 4.69) is 31.4 Å². The maximum Gasteiger partial charge on any atom is 0.286 e. The van der Waals surface area contributed by atoms with E-state index in [1.807, 2.05) is 0 Å². The SMILES string of the molecule is O=C(Nc1ccc(F)cc1Br)c1nnc(Cl)s1. The number of nitrogens with zero attached hydrogens (tertiary/aromatic N) is 2. The van der Waals surface area contributed by atoms with Gasteiger partial charge in [0.25, 0.3) is 5.91 Å². The Morgan fingerprint density at radius 3 is 2.82 bits per heavy atom. The highest BCUT2D eigenvalue weighted by molar-refractivity contribution is 9.10. The van der Waals surface area contributed by atoms with E-state index < -0.39 is 11.7 Å². The molecule has 1 aromatic carbocycles. The average Bonchev–Trinajstić information content (AvgIpc) is 2.69. The van der Waals surface area contributed by atoms with Gasteiger partial charge >= 0.3 is 0 Å². The second kappa shape index (κ2) is 5.07. The lowest BCUT2D eigenvalue weighted by Crippen LogP contribution is -2.12. The van der Waals surface area contributed by atoms with Gasteiger partial charge in [-0.15, -0.1) is 10.2 Å². The van der Waals surface area contributed by atoms with Gasteiger partial charge in [-0.3, -0.25) is 4.79 Å². The molecule has 17 heavy (non-hydrogen) atoms. The molecule has 0 aliphatic rings. The van der Waals surface area contributed by atoms with Crippen molar-refractivity contribution in [1.29, 1.82) is 0 Å². The third-order valence-electron chi connectivity index (χ3n) is 1.77. The molecule has 2 rings (SSSR count). The fourth-order valence-electron chi connectivity index (χ4n) is 1.06. The Kier molecular flexibility index (Phi) is 3.70. The molecule has 1 amide bonds. The number of aromatic nitrogens is 2. The number of amides is 1. The predicted molar refractivity (Wildman–Crippen MR) is 67.0 cm³/mol. The zero-order chi connectivity index (χ0) is 12.4. The summed E-state index contributed by atoms with van der Waals surface area (Å²) >= 11 is 9.67. The summed E-state index contributed by atoms with van der Waals surface area (Å²) in [7, 11) is 0. The molecule has 0 aliphatic carbocycles. The Balaban J connectivity index is 2.18. The van der Waals surface area contributed by atoms with Crippen LogP contribution < -0.4 is 5.32 Å². The Bertz CT molecular complexity index is 577. The van der Waals surface area contributed by atoms with E-state index >= 15 is 0 Å². The lowest BCUT2D eigenvalue weighted by atomic mass is 10.3. The molecule has 88 valence electrons. The summed E-state index contributed by atoms with van der Waals surface area (Å²) in [6.07, 6.45) is 0. The van der Waals surface area contributed by atoms with Crippen LogP contribution in [0.5, 0.6) is 0 Å². The minimum Gasteiger partial charge on any atom is -0.319 e. The first-order valence-electron chi connectivity index (χ1n) is 4.31. The largest absolute Gasteiger partial charge is 0.319 e. The lowest BCUT2D eigenvalue weighted by molar-refractivity contribution is 0.102. The molecular formula is C9H4BrClFN3OS. The van der Waals surface area contributed by atoms with Crippen LogP contribution in [0.4, 0.5) is 10.1 Å². The topological polar surface area (TPSA) is 54.9 Å². The van der Waals surface area contributed by atoms with Crippen molar-refractivity contribution in [1.82, 2.24) is 10.2 Å². The van der Waals surface area contributed by atoms with Crippen LogP contribution in [0.1, 0.15) is 9.80 Å². The standard InChI is InChI=1S/C9H4BrClFN3OS/c10-5-3-4(12)1-2-6(5)13-7(16)8-14-15-9(11)17-8/h1-3H,(H,13,16). The summed E-state index contributed by atoms with van der Waals surface area (Å²) < 4.78 is 13.5. The number of anilines is 1. The first kappa shape index (κ1) is 12.4. The molecule has 2 aromatic rings. The van der Waals surface area contributed by atoms with Crippen LogP contribution in [-0.2, 0) is 0 Å². The van der Waals surface area contributed by atoms with Gasteiger partial charge in [0, 0.05) is 4.47 Å². The number of carbonyl (C=O) groups excluding carboxylic acids is 1. The lowest BCUT2D eigenvalue weighted by Gasteiger charge is -2.04. The van der Waals surface area contributed by atoms with Gasteiger partial charge in [-0.25, -0.2) is 4.39 Å². The van der Waals surface area contributed by atoms with Gasteiger partial charge in [0.15, 0.2) is 0 Å². The number of rotatable bonds is 2. The zero-order valence-corrected chi connectivity index (χ0v) is 11.2. The van der Waals surface area contributed by atoms with Crippen molar-refractivity contribution in [3.63, 3.8) is 0 Å². The first-order chi connectivity index (χ1) is 8.06. The van der Waals surface area contributed by atoms with Crippen molar-refractivity contribution < 1.29 is 9.18 Å². The van der Waals surface area contributed by atoms with Gasteiger partial charge in [0.1, 0.15) is 5.82 Å². The Labute approximate surface area is 113 Å². The van der Waals surface area contributed by atoms with Crippen molar-refractivity contribution in [3.05, 3.63) is 38.0 Å². The summed E-state index contributed by atoms with van der Waals surface area (Å²) in [5.41, 5.74) is 0.447. The first-order valence-corrected chi connectivity index (χ1v) is 6.30. The van der Waals surface area contributed by atoms with Crippen LogP contribution in [0.2, 0.25) is 4.47 Å². The average molecular weight is 337 g/mol. The molecular weight excluding hydrogens is 333 g/mol. The second-order valence-corrected chi connectivity index (χ2v) is 5.35. The maximum atomic E-state index is 12.8. The molecule has 0 aliphatic heterocycles. The quantitative estimate of drug-likeness (QED) is 0.915. The van der Waals surface area contributed by atoms with Crippen LogP contribution in [0.3, 0.4) is 0 Å². The highest BCUT2D eigenvalue weighted by atomic mass is 79.9. The van der Waals surface area contributed by atoms with Crippen LogP contribution in [0, 0.1) is 5.82 Å². The third kappa shape index (κ3) is 2.99. The molecule has 1 N–H and O–H groups in total. The highest BCUT2D eigenvalue weighted by Crippen LogP contribution is 2.24. The van der Waals surface area contributed by atoms with Crippen molar-refractivity contribution in [3.8, 4) is 0 Å². The summed E-state index contributed by atoms with van der Waals surface area (Å²) in [4.78, 5) is 11.7. The van der Waals surface area contributed by atoms with E-state index in [-0.39, 0.29) is 9.47 Å². The molecule has 0 saturated carbocycles. The molecule has 0 radical (unpaired) electrons. The monoisotopic (exact) mass is 335 g/mol. The molecule has 0 bridgehead atoms. The molecule has 0 spiro atoms. The van der Waals surface area contributed by atoms with E-state index in [0.29, 0.717) is 10.2 Å². The fraction of sp³-hybridized carbons (Fsp3) is 0. The highest BCUT2D eigenvalue weighted by Gasteiger charge is 2.13. The van der Waals surface area contributed by atoms with Crippen LogP contribution in [-0.4, -0.2) is 16.1 Å². The van der Waals surface area contributed by atoms with Crippen molar-refractivity contribution >= 4 is 50.5 Å². The van der Waals surface area contributed by atoms with Gasteiger partial charge in [0.2, 0.25) is 9.47 Å². The number of halogens is 3. The summed E-state index contributed by atoms with van der Waals surface area (Å²) in [5, 5.41) is 9.82. The normalized spacial score (nSPS) is 10.3. The number of nitrogens with one attached hydrogen (secondary N) is 1. The molecule has 1 aromatic heterocycles. The number of carbonyl (C=O) groups is 1. The summed E-state index contributed by atoms with van der Waals surface area (Å²) in [6.45, 7) is 0. The van der Waals surface area contributed by atoms with E-state index in [0.717, 1.165) is 11.3 Å². The van der Waals surface area contributed by atoms with E-state index in [9.17, 15) is 9.18 Å². The van der Waals surface area contributed by atoms with E-state index in [1.54, 1.807) is 0 Å². The van der Waals surface area contributed by atoms with Crippen LogP contribution >= 0.6 is 38.9 Å². The summed E-state index contributed by atoms with van der Waals surface area (Å²) in [5.74, 6) is -0.837. The Morgan fingerprint density at radius 2 is 2.24 bits per heavy atom. The molecule has 8 heteroatoms. The minimum absolute atomic E-state index is 0.145. The van der Waals surface area contributed by atoms with Gasteiger partial charge in [-0.2, -0.15) is 0 Å². The minimum atomic E-state index is -0.443. The Hall–Kier alpha value is -1.05. The molecule has 1 heterocycles. The van der Waals surface area contributed by atoms with Gasteiger partial charge < -0.3 is 5.32 Å². The molecule has 0 saturated heterocycles. The number of hydrogen-bond donors (Lipinski definition) is 1. The van der Waals surface area contributed by atoms with Crippen LogP contribution in [0.25, 0.3) is 0 Å². The summed E-state index contributed by atoms with van der Waals surface area (Å²) in [6, 6.07) is 3.94. The smallest absolute Gasteiger partial charge is 0.286 e. The fourth-order valence-corrected chi connectivity index (χ4v) is 2.24. The molecule has 0 fully saturated rings. The third-order valence-corrected chi connectivity index (χ3v) is 3.45. The molecule has 0 atom stereocenters. The van der Waals surface area contributed by atoms with E-state index in [4.69, 9.17) is 11.6 Å². The van der Waals surface area contributed by atoms with Crippen LogP contribution in [0.15, 0.2) is 22.7 Å². The van der Waals surface area contributed by atoms with Crippen molar-refractivity contribution in [2.24, 2.45) is 0 Å². The zero-order valence-electron chi connectivity index (χ0n) is 8.08. The van der Waals surface area contributed by atoms with Crippen molar-refractivity contribution in [2.45, 2.75) is 0 Å².